The van der Waals surface area contributed by atoms with Crippen LogP contribution in [0.1, 0.15) is 46.1 Å². The molecule has 0 N–H and O–H groups in total. The molecule has 21 heavy (non-hydrogen) atoms. The molecule has 0 bridgehead atoms. The van der Waals surface area contributed by atoms with E-state index in [-0.39, 0.29) is 18.3 Å². The second kappa shape index (κ2) is 4.72. The minimum Gasteiger partial charge on any atom is -0.399 e. The van der Waals surface area contributed by atoms with Crippen LogP contribution in [0.3, 0.4) is 0 Å². The van der Waals surface area contributed by atoms with Gasteiger partial charge in [0, 0.05) is 24.7 Å². The number of nitrogens with zero attached hydrogens (tertiary/aromatic N) is 2. The Morgan fingerprint density at radius 1 is 1.19 bits per heavy atom. The van der Waals surface area contributed by atoms with Gasteiger partial charge in [0.05, 0.1) is 11.2 Å². The summed E-state index contributed by atoms with van der Waals surface area (Å²) >= 11 is 0. The van der Waals surface area contributed by atoms with Crippen molar-refractivity contribution in [1.82, 2.24) is 4.98 Å². The summed E-state index contributed by atoms with van der Waals surface area (Å²) in [4.78, 5) is 6.93. The van der Waals surface area contributed by atoms with E-state index in [0.717, 1.165) is 11.3 Å². The molecule has 1 saturated heterocycles. The molecule has 1 aliphatic carbocycles. The minimum atomic E-state index is -0.332. The van der Waals surface area contributed by atoms with E-state index in [4.69, 9.17) is 9.31 Å². The molecule has 5 heteroatoms. The lowest BCUT2D eigenvalue weighted by Crippen LogP contribution is -2.41. The van der Waals surface area contributed by atoms with Crippen molar-refractivity contribution in [3.05, 3.63) is 17.8 Å². The molecular weight excluding hydrogens is 263 g/mol. The van der Waals surface area contributed by atoms with Crippen LogP contribution in [0.5, 0.6) is 0 Å². The van der Waals surface area contributed by atoms with Gasteiger partial charge in [-0.15, -0.1) is 0 Å². The van der Waals surface area contributed by atoms with Gasteiger partial charge in [0.25, 0.3) is 0 Å². The summed E-state index contributed by atoms with van der Waals surface area (Å²) < 4.78 is 12.2. The third kappa shape index (κ3) is 2.57. The topological polar surface area (TPSA) is 34.6 Å². The number of rotatable bonds is 3. The van der Waals surface area contributed by atoms with Crippen LogP contribution >= 0.6 is 0 Å². The maximum absolute atomic E-state index is 6.09. The third-order valence-electron chi connectivity index (χ3n) is 5.03. The average Bonchev–Trinajstić information content (AvgIpc) is 3.17. The molecule has 1 aromatic rings. The van der Waals surface area contributed by atoms with Crippen LogP contribution in [-0.4, -0.2) is 36.4 Å². The van der Waals surface area contributed by atoms with Crippen LogP contribution < -0.4 is 10.4 Å². The van der Waals surface area contributed by atoms with Crippen LogP contribution in [0.4, 0.5) is 5.82 Å². The standard InChI is InChI=1S/C16H25BN2O2/c1-11-9-12(10-18-14(11)19(6)13-7-8-13)17-20-15(2,3)16(4,5)21-17/h9-10,13H,7-8H2,1-6H3. The van der Waals surface area contributed by atoms with E-state index in [9.17, 15) is 0 Å². The van der Waals surface area contributed by atoms with E-state index in [2.05, 4.69) is 57.6 Å². The summed E-state index contributed by atoms with van der Waals surface area (Å²) in [5.74, 6) is 1.07. The molecular formula is C16H25BN2O2. The predicted octanol–water partition coefficient (Wildman–Crippen LogP) is 2.29. The molecule has 114 valence electrons. The van der Waals surface area contributed by atoms with E-state index >= 15 is 0 Å². The highest BCUT2D eigenvalue weighted by atomic mass is 16.7. The van der Waals surface area contributed by atoms with Crippen LogP contribution in [0.25, 0.3) is 0 Å². The molecule has 1 saturated carbocycles. The first kappa shape index (κ1) is 14.9. The summed E-state index contributed by atoms with van der Waals surface area (Å²) in [7, 11) is 1.79. The number of hydrogen-bond donors (Lipinski definition) is 0. The van der Waals surface area contributed by atoms with Crippen molar-refractivity contribution < 1.29 is 9.31 Å². The normalized spacial score (nSPS) is 23.4. The van der Waals surface area contributed by atoms with Gasteiger partial charge in [-0.1, -0.05) is 6.07 Å². The van der Waals surface area contributed by atoms with Gasteiger partial charge in [-0.3, -0.25) is 0 Å². The largest absolute Gasteiger partial charge is 0.496 e. The van der Waals surface area contributed by atoms with Gasteiger partial charge in [0.2, 0.25) is 0 Å². The van der Waals surface area contributed by atoms with Gasteiger partial charge in [-0.25, -0.2) is 4.98 Å². The molecule has 0 amide bonds. The molecule has 1 aliphatic heterocycles. The Kier molecular flexibility index (Phi) is 3.34. The smallest absolute Gasteiger partial charge is 0.399 e. The number of aryl methyl sites for hydroxylation is 1. The lowest BCUT2D eigenvalue weighted by Gasteiger charge is -2.32. The first-order valence-electron chi connectivity index (χ1n) is 7.76. The van der Waals surface area contributed by atoms with Crippen molar-refractivity contribution in [3.63, 3.8) is 0 Å². The molecule has 1 aromatic heterocycles. The molecule has 0 unspecified atom stereocenters. The average molecular weight is 288 g/mol. The molecule has 4 nitrogen and oxygen atoms in total. The molecule has 0 aromatic carbocycles. The van der Waals surface area contributed by atoms with Gasteiger partial charge < -0.3 is 14.2 Å². The van der Waals surface area contributed by atoms with E-state index in [1.165, 1.54) is 18.4 Å². The van der Waals surface area contributed by atoms with Crippen LogP contribution in [0, 0.1) is 6.92 Å². The lowest BCUT2D eigenvalue weighted by atomic mass is 9.79. The second-order valence-corrected chi connectivity index (χ2v) is 7.34. The van der Waals surface area contributed by atoms with E-state index in [0.29, 0.717) is 6.04 Å². The fourth-order valence-electron chi connectivity index (χ4n) is 2.70. The third-order valence-corrected chi connectivity index (χ3v) is 5.03. The maximum atomic E-state index is 6.09. The van der Waals surface area contributed by atoms with Crippen LogP contribution in [0.2, 0.25) is 0 Å². The van der Waals surface area contributed by atoms with Crippen molar-refractivity contribution in [2.45, 2.75) is 64.7 Å². The zero-order chi connectivity index (χ0) is 15.4. The summed E-state index contributed by atoms with van der Waals surface area (Å²) in [5, 5.41) is 0. The summed E-state index contributed by atoms with van der Waals surface area (Å²) in [6.45, 7) is 10.4. The van der Waals surface area contributed by atoms with Crippen LogP contribution in [-0.2, 0) is 9.31 Å². The summed E-state index contributed by atoms with van der Waals surface area (Å²) in [6.07, 6.45) is 4.44. The minimum absolute atomic E-state index is 0.310. The molecule has 0 atom stereocenters. The zero-order valence-corrected chi connectivity index (χ0v) is 13.9. The molecule has 2 heterocycles. The number of anilines is 1. The first-order chi connectivity index (χ1) is 9.71. The zero-order valence-electron chi connectivity index (χ0n) is 13.9. The van der Waals surface area contributed by atoms with Crippen LogP contribution in [0.15, 0.2) is 12.3 Å². The maximum Gasteiger partial charge on any atom is 0.496 e. The highest BCUT2D eigenvalue weighted by Crippen LogP contribution is 2.36. The van der Waals surface area contributed by atoms with Crippen molar-refractivity contribution >= 4 is 18.4 Å². The highest BCUT2D eigenvalue weighted by molar-refractivity contribution is 6.62. The van der Waals surface area contributed by atoms with Crippen molar-refractivity contribution in [2.24, 2.45) is 0 Å². The number of aromatic nitrogens is 1. The lowest BCUT2D eigenvalue weighted by molar-refractivity contribution is 0.00578. The van der Waals surface area contributed by atoms with Crippen molar-refractivity contribution in [2.75, 3.05) is 11.9 Å². The molecule has 2 aliphatic rings. The first-order valence-corrected chi connectivity index (χ1v) is 7.76. The highest BCUT2D eigenvalue weighted by Gasteiger charge is 2.51. The Morgan fingerprint density at radius 3 is 2.24 bits per heavy atom. The number of pyridine rings is 1. The summed E-state index contributed by atoms with van der Waals surface area (Å²) in [6, 6.07) is 2.81. The molecule has 0 radical (unpaired) electrons. The Labute approximate surface area is 128 Å². The van der Waals surface area contributed by atoms with Crippen molar-refractivity contribution in [1.29, 1.82) is 0 Å². The van der Waals surface area contributed by atoms with Gasteiger partial charge in [-0.2, -0.15) is 0 Å². The molecule has 3 rings (SSSR count). The van der Waals surface area contributed by atoms with Gasteiger partial charge in [0.15, 0.2) is 0 Å². The Hall–Kier alpha value is -1.07. The quantitative estimate of drug-likeness (QED) is 0.799. The van der Waals surface area contributed by atoms with E-state index in [1.807, 2.05) is 6.20 Å². The number of hydrogen-bond acceptors (Lipinski definition) is 4. The monoisotopic (exact) mass is 288 g/mol. The fraction of sp³-hybridized carbons (Fsp3) is 0.688. The van der Waals surface area contributed by atoms with Gasteiger partial charge >= 0.3 is 7.12 Å². The van der Waals surface area contributed by atoms with Gasteiger partial charge in [0.1, 0.15) is 5.82 Å². The van der Waals surface area contributed by atoms with Gasteiger partial charge in [-0.05, 0) is 53.0 Å². The van der Waals surface area contributed by atoms with Crippen molar-refractivity contribution in [3.8, 4) is 0 Å². The Balaban J connectivity index is 1.83. The molecule has 2 fully saturated rings. The Morgan fingerprint density at radius 2 is 1.76 bits per heavy atom. The predicted molar refractivity (Wildman–Crippen MR) is 86.1 cm³/mol. The van der Waals surface area contributed by atoms with E-state index in [1.54, 1.807) is 0 Å². The second-order valence-electron chi connectivity index (χ2n) is 7.34. The Bertz CT molecular complexity index is 539. The molecule has 0 spiro atoms. The summed E-state index contributed by atoms with van der Waals surface area (Å²) in [5.41, 5.74) is 1.56. The fourth-order valence-corrected chi connectivity index (χ4v) is 2.70. The SMILES string of the molecule is Cc1cc(B2OC(C)(C)C(C)(C)O2)cnc1N(C)C1CC1. The van der Waals surface area contributed by atoms with E-state index < -0.39 is 0 Å².